The maximum absolute atomic E-state index is 12.7. The van der Waals surface area contributed by atoms with Gasteiger partial charge in [0, 0.05) is 23.7 Å². The summed E-state index contributed by atoms with van der Waals surface area (Å²) in [6.07, 6.45) is 5.95. The molecule has 3 nitrogen and oxygen atoms in total. The lowest BCUT2D eigenvalue weighted by Gasteiger charge is -2.33. The number of nitrogens with zero attached hydrogens (tertiary/aromatic N) is 1. The van der Waals surface area contributed by atoms with Gasteiger partial charge in [0.2, 0.25) is 0 Å². The van der Waals surface area contributed by atoms with Gasteiger partial charge < -0.3 is 10.0 Å². The fourth-order valence-corrected chi connectivity index (χ4v) is 3.00. The first-order valence-electron chi connectivity index (χ1n) is 7.77. The Morgan fingerprint density at radius 3 is 2.76 bits per heavy atom. The van der Waals surface area contributed by atoms with Gasteiger partial charge in [0.1, 0.15) is 6.61 Å². The summed E-state index contributed by atoms with van der Waals surface area (Å²) in [7, 11) is 0. The second-order valence-corrected chi connectivity index (χ2v) is 5.42. The van der Waals surface area contributed by atoms with E-state index in [0.717, 1.165) is 24.9 Å². The third kappa shape index (κ3) is 4.09. The van der Waals surface area contributed by atoms with Crippen molar-refractivity contribution in [1.29, 1.82) is 0 Å². The number of benzene rings is 1. The van der Waals surface area contributed by atoms with Crippen LogP contribution in [0.15, 0.2) is 24.3 Å². The molecule has 112 valence electrons. The van der Waals surface area contributed by atoms with Gasteiger partial charge in [-0.1, -0.05) is 37.2 Å². The topological polar surface area (TPSA) is 40.5 Å². The Balaban J connectivity index is 2.16. The van der Waals surface area contributed by atoms with Gasteiger partial charge in [0.05, 0.1) is 0 Å². The van der Waals surface area contributed by atoms with Crippen molar-refractivity contribution in [3.63, 3.8) is 0 Å². The largest absolute Gasteiger partial charge is 0.384 e. The molecule has 21 heavy (non-hydrogen) atoms. The van der Waals surface area contributed by atoms with Crippen molar-refractivity contribution in [3.05, 3.63) is 35.4 Å². The maximum Gasteiger partial charge on any atom is 0.254 e. The van der Waals surface area contributed by atoms with Gasteiger partial charge >= 0.3 is 0 Å². The minimum atomic E-state index is -0.165. The number of aliphatic hydroxyl groups excluding tert-OH is 1. The molecule has 3 heteroatoms. The van der Waals surface area contributed by atoms with E-state index >= 15 is 0 Å². The van der Waals surface area contributed by atoms with Crippen LogP contribution in [0, 0.1) is 11.8 Å². The molecular weight excluding hydrogens is 262 g/mol. The monoisotopic (exact) mass is 285 g/mol. The van der Waals surface area contributed by atoms with Crippen LogP contribution in [-0.4, -0.2) is 35.1 Å². The quantitative estimate of drug-likeness (QED) is 0.868. The number of hydrogen-bond acceptors (Lipinski definition) is 2. The fourth-order valence-electron chi connectivity index (χ4n) is 3.00. The van der Waals surface area contributed by atoms with E-state index in [0.29, 0.717) is 11.6 Å². The average Bonchev–Trinajstić information content (AvgIpc) is 2.55. The standard InChI is InChI=1S/C18H23NO2/c1-2-19(17-11-4-3-5-12-17)18(21)16-10-6-8-15(14-16)9-7-13-20/h6,8,10,14,17,20H,2-5,11-13H2,1H3. The van der Waals surface area contributed by atoms with E-state index < -0.39 is 0 Å². The third-order valence-electron chi connectivity index (χ3n) is 4.04. The van der Waals surface area contributed by atoms with Crippen molar-refractivity contribution in [2.24, 2.45) is 0 Å². The molecule has 0 bridgehead atoms. The minimum absolute atomic E-state index is 0.0945. The molecule has 0 saturated heterocycles. The van der Waals surface area contributed by atoms with Crippen LogP contribution in [0.25, 0.3) is 0 Å². The number of amides is 1. The highest BCUT2D eigenvalue weighted by molar-refractivity contribution is 5.94. The number of carbonyl (C=O) groups is 1. The Kier molecular flexibility index (Phi) is 5.83. The Bertz CT molecular complexity index is 536. The predicted molar refractivity (Wildman–Crippen MR) is 84.0 cm³/mol. The zero-order valence-corrected chi connectivity index (χ0v) is 12.6. The van der Waals surface area contributed by atoms with E-state index in [4.69, 9.17) is 5.11 Å². The molecule has 0 aromatic heterocycles. The Labute approximate surface area is 127 Å². The lowest BCUT2D eigenvalue weighted by atomic mass is 9.93. The van der Waals surface area contributed by atoms with E-state index in [9.17, 15) is 4.79 Å². The molecule has 1 saturated carbocycles. The normalized spacial score (nSPS) is 15.1. The molecule has 0 radical (unpaired) electrons. The third-order valence-corrected chi connectivity index (χ3v) is 4.04. The summed E-state index contributed by atoms with van der Waals surface area (Å²) in [6, 6.07) is 7.75. The first-order chi connectivity index (χ1) is 10.3. The van der Waals surface area contributed by atoms with Crippen LogP contribution in [0.5, 0.6) is 0 Å². The van der Waals surface area contributed by atoms with Crippen LogP contribution in [0.2, 0.25) is 0 Å². The summed E-state index contributed by atoms with van der Waals surface area (Å²) in [4.78, 5) is 14.7. The van der Waals surface area contributed by atoms with Crippen LogP contribution in [-0.2, 0) is 0 Å². The van der Waals surface area contributed by atoms with E-state index in [1.807, 2.05) is 36.1 Å². The molecule has 1 aliphatic rings. The number of carbonyl (C=O) groups excluding carboxylic acids is 1. The average molecular weight is 285 g/mol. The highest BCUT2D eigenvalue weighted by Gasteiger charge is 2.24. The number of aliphatic hydroxyl groups is 1. The highest BCUT2D eigenvalue weighted by Crippen LogP contribution is 2.24. The summed E-state index contributed by atoms with van der Waals surface area (Å²) in [5.41, 5.74) is 1.46. The Hall–Kier alpha value is -1.79. The van der Waals surface area contributed by atoms with Crippen molar-refractivity contribution in [2.75, 3.05) is 13.2 Å². The summed E-state index contributed by atoms with van der Waals surface area (Å²) in [6.45, 7) is 2.62. The summed E-state index contributed by atoms with van der Waals surface area (Å²) < 4.78 is 0. The lowest BCUT2D eigenvalue weighted by Crippen LogP contribution is -2.41. The maximum atomic E-state index is 12.7. The molecule has 0 atom stereocenters. The zero-order valence-electron chi connectivity index (χ0n) is 12.6. The molecule has 1 fully saturated rings. The predicted octanol–water partition coefficient (Wildman–Crippen LogP) is 2.83. The molecule has 1 N–H and O–H groups in total. The van der Waals surface area contributed by atoms with E-state index in [-0.39, 0.29) is 12.5 Å². The molecule has 0 spiro atoms. The highest BCUT2D eigenvalue weighted by atomic mass is 16.2. The van der Waals surface area contributed by atoms with Crippen molar-refractivity contribution in [2.45, 2.75) is 45.1 Å². The molecule has 1 aromatic carbocycles. The first kappa shape index (κ1) is 15.6. The van der Waals surface area contributed by atoms with E-state index in [1.54, 1.807) is 0 Å². The van der Waals surface area contributed by atoms with Gasteiger partial charge in [0.25, 0.3) is 5.91 Å². The fraction of sp³-hybridized carbons (Fsp3) is 0.500. The molecular formula is C18H23NO2. The lowest BCUT2D eigenvalue weighted by molar-refractivity contribution is 0.0648. The molecule has 0 unspecified atom stereocenters. The van der Waals surface area contributed by atoms with Crippen LogP contribution >= 0.6 is 0 Å². The first-order valence-corrected chi connectivity index (χ1v) is 7.77. The van der Waals surface area contributed by atoms with Gasteiger partial charge in [0.15, 0.2) is 0 Å². The van der Waals surface area contributed by atoms with Crippen LogP contribution in [0.3, 0.4) is 0 Å². The molecule has 1 aliphatic carbocycles. The Morgan fingerprint density at radius 1 is 1.33 bits per heavy atom. The summed E-state index contributed by atoms with van der Waals surface area (Å²) >= 11 is 0. The van der Waals surface area contributed by atoms with Crippen molar-refractivity contribution in [3.8, 4) is 11.8 Å². The van der Waals surface area contributed by atoms with Crippen LogP contribution in [0.1, 0.15) is 54.9 Å². The van der Waals surface area contributed by atoms with Crippen molar-refractivity contribution < 1.29 is 9.90 Å². The molecule has 1 aromatic rings. The zero-order chi connectivity index (χ0) is 15.1. The van der Waals surface area contributed by atoms with Crippen LogP contribution in [0.4, 0.5) is 0 Å². The number of rotatable bonds is 3. The van der Waals surface area contributed by atoms with E-state index in [1.165, 1.54) is 19.3 Å². The molecule has 0 aliphatic heterocycles. The summed E-state index contributed by atoms with van der Waals surface area (Å²) in [5, 5.41) is 8.75. The van der Waals surface area contributed by atoms with Crippen molar-refractivity contribution in [1.82, 2.24) is 4.90 Å². The molecule has 1 amide bonds. The second-order valence-electron chi connectivity index (χ2n) is 5.42. The van der Waals surface area contributed by atoms with Gasteiger partial charge in [-0.25, -0.2) is 0 Å². The van der Waals surface area contributed by atoms with Crippen molar-refractivity contribution >= 4 is 5.91 Å². The van der Waals surface area contributed by atoms with Crippen LogP contribution < -0.4 is 0 Å². The van der Waals surface area contributed by atoms with Gasteiger partial charge in [-0.2, -0.15) is 0 Å². The molecule has 0 heterocycles. The van der Waals surface area contributed by atoms with Gasteiger partial charge in [-0.05, 0) is 38.0 Å². The Morgan fingerprint density at radius 2 is 2.10 bits per heavy atom. The second kappa shape index (κ2) is 7.85. The van der Waals surface area contributed by atoms with Gasteiger partial charge in [-0.15, -0.1) is 0 Å². The molecule has 2 rings (SSSR count). The van der Waals surface area contributed by atoms with Gasteiger partial charge in [-0.3, -0.25) is 4.79 Å². The number of hydrogen-bond donors (Lipinski definition) is 1. The van der Waals surface area contributed by atoms with E-state index in [2.05, 4.69) is 11.8 Å². The SMILES string of the molecule is CCN(C(=O)c1cccc(C#CCO)c1)C1CCCCC1. The summed E-state index contributed by atoms with van der Waals surface area (Å²) in [5.74, 6) is 5.57. The smallest absolute Gasteiger partial charge is 0.254 e. The minimum Gasteiger partial charge on any atom is -0.384 e.